The molecule has 0 aliphatic carbocycles. The van der Waals surface area contributed by atoms with Crippen LogP contribution in [0.2, 0.25) is 0 Å². The average Bonchev–Trinajstić information content (AvgIpc) is 2.71. The van der Waals surface area contributed by atoms with E-state index in [-0.39, 0.29) is 17.7 Å². The van der Waals surface area contributed by atoms with E-state index in [0.29, 0.717) is 12.4 Å². The van der Waals surface area contributed by atoms with Crippen molar-refractivity contribution in [2.75, 3.05) is 18.2 Å². The van der Waals surface area contributed by atoms with Gasteiger partial charge in [0.25, 0.3) is 0 Å². The highest BCUT2D eigenvalue weighted by Gasteiger charge is 2.33. The van der Waals surface area contributed by atoms with Crippen LogP contribution in [0.4, 0.5) is 0 Å². The standard InChI is InChI=1S/C15H25ClN2O2S/c1-13(11-16)12-21(19,20)18-10-5-3-4-7-15(18)14-8-6-9-17(14)2/h6,8-9,13,15H,3-5,7,10-12H2,1-2H3. The molecule has 2 rings (SSSR count). The average molecular weight is 333 g/mol. The van der Waals surface area contributed by atoms with Crippen LogP contribution in [-0.4, -0.2) is 35.5 Å². The molecule has 0 N–H and O–H groups in total. The first kappa shape index (κ1) is 16.8. The van der Waals surface area contributed by atoms with Crippen molar-refractivity contribution in [1.82, 2.24) is 8.87 Å². The predicted molar refractivity (Wildman–Crippen MR) is 87.0 cm³/mol. The molecule has 0 aromatic carbocycles. The van der Waals surface area contributed by atoms with Gasteiger partial charge in [0.2, 0.25) is 10.0 Å². The predicted octanol–water partition coefficient (Wildman–Crippen LogP) is 3.15. The minimum atomic E-state index is -3.27. The molecule has 120 valence electrons. The van der Waals surface area contributed by atoms with Crippen molar-refractivity contribution in [3.63, 3.8) is 0 Å². The van der Waals surface area contributed by atoms with E-state index in [1.54, 1.807) is 4.31 Å². The van der Waals surface area contributed by atoms with Crippen LogP contribution >= 0.6 is 11.6 Å². The van der Waals surface area contributed by atoms with Crippen LogP contribution in [0.5, 0.6) is 0 Å². The first-order valence-corrected chi connectivity index (χ1v) is 9.77. The number of alkyl halides is 1. The number of aryl methyl sites for hydroxylation is 1. The third kappa shape index (κ3) is 4.02. The number of sulfonamides is 1. The molecule has 1 aromatic rings. The fourth-order valence-corrected chi connectivity index (χ4v) is 5.31. The Morgan fingerprint density at radius 3 is 2.76 bits per heavy atom. The van der Waals surface area contributed by atoms with Crippen molar-refractivity contribution in [2.24, 2.45) is 13.0 Å². The third-order valence-corrected chi connectivity index (χ3v) is 6.81. The van der Waals surface area contributed by atoms with Crippen LogP contribution in [0, 0.1) is 5.92 Å². The molecule has 0 radical (unpaired) electrons. The monoisotopic (exact) mass is 332 g/mol. The Kier molecular flexibility index (Phi) is 5.74. The Hall–Kier alpha value is -0.520. The second kappa shape index (κ2) is 7.16. The first-order valence-electron chi connectivity index (χ1n) is 7.62. The molecule has 1 aromatic heterocycles. The fraction of sp³-hybridized carbons (Fsp3) is 0.733. The van der Waals surface area contributed by atoms with E-state index in [4.69, 9.17) is 11.6 Å². The van der Waals surface area contributed by atoms with E-state index in [2.05, 4.69) is 0 Å². The van der Waals surface area contributed by atoms with Gasteiger partial charge in [-0.2, -0.15) is 4.31 Å². The molecule has 21 heavy (non-hydrogen) atoms. The van der Waals surface area contributed by atoms with Gasteiger partial charge >= 0.3 is 0 Å². The molecule has 0 bridgehead atoms. The Balaban J connectivity index is 2.30. The quantitative estimate of drug-likeness (QED) is 0.777. The molecular weight excluding hydrogens is 308 g/mol. The van der Waals surface area contributed by atoms with Gasteiger partial charge in [-0.3, -0.25) is 0 Å². The molecule has 6 heteroatoms. The van der Waals surface area contributed by atoms with Crippen molar-refractivity contribution in [1.29, 1.82) is 0 Å². The normalized spacial score (nSPS) is 22.9. The zero-order valence-electron chi connectivity index (χ0n) is 12.8. The van der Waals surface area contributed by atoms with E-state index >= 15 is 0 Å². The summed E-state index contributed by atoms with van der Waals surface area (Å²) in [7, 11) is -1.30. The van der Waals surface area contributed by atoms with Gasteiger partial charge in [-0.05, 0) is 30.9 Å². The SMILES string of the molecule is CC(CCl)CS(=O)(=O)N1CCCCCC1c1cccn1C. The van der Waals surface area contributed by atoms with Gasteiger partial charge in [0, 0.05) is 31.4 Å². The number of nitrogens with zero attached hydrogens (tertiary/aromatic N) is 2. The lowest BCUT2D eigenvalue weighted by Gasteiger charge is -2.30. The van der Waals surface area contributed by atoms with E-state index in [9.17, 15) is 8.42 Å². The Morgan fingerprint density at radius 2 is 2.14 bits per heavy atom. The summed E-state index contributed by atoms with van der Waals surface area (Å²) in [6, 6.07) is 3.97. The van der Waals surface area contributed by atoms with E-state index in [1.807, 2.05) is 36.9 Å². The maximum absolute atomic E-state index is 12.8. The molecule has 1 saturated heterocycles. The lowest BCUT2D eigenvalue weighted by molar-refractivity contribution is 0.316. The lowest BCUT2D eigenvalue weighted by atomic mass is 10.1. The first-order chi connectivity index (χ1) is 9.95. The lowest BCUT2D eigenvalue weighted by Crippen LogP contribution is -2.38. The van der Waals surface area contributed by atoms with Crippen molar-refractivity contribution in [3.8, 4) is 0 Å². The molecule has 0 amide bonds. The van der Waals surface area contributed by atoms with Crippen LogP contribution in [0.1, 0.15) is 44.3 Å². The molecule has 0 spiro atoms. The summed E-state index contributed by atoms with van der Waals surface area (Å²) in [5.41, 5.74) is 1.08. The third-order valence-electron chi connectivity index (χ3n) is 4.14. The molecule has 0 saturated carbocycles. The summed E-state index contributed by atoms with van der Waals surface area (Å²) in [5, 5.41) is 0. The van der Waals surface area contributed by atoms with E-state index in [1.165, 1.54) is 0 Å². The van der Waals surface area contributed by atoms with Gasteiger partial charge in [-0.25, -0.2) is 8.42 Å². The van der Waals surface area contributed by atoms with Gasteiger partial charge in [0.1, 0.15) is 0 Å². The van der Waals surface area contributed by atoms with Crippen molar-refractivity contribution in [3.05, 3.63) is 24.0 Å². The number of hydrogen-bond acceptors (Lipinski definition) is 2. The van der Waals surface area contributed by atoms with Gasteiger partial charge < -0.3 is 4.57 Å². The highest BCUT2D eigenvalue weighted by Crippen LogP contribution is 2.33. The number of rotatable bonds is 5. The molecule has 1 aliphatic rings. The van der Waals surface area contributed by atoms with Crippen LogP contribution in [0.15, 0.2) is 18.3 Å². The van der Waals surface area contributed by atoms with Crippen LogP contribution in [0.3, 0.4) is 0 Å². The highest BCUT2D eigenvalue weighted by molar-refractivity contribution is 7.89. The van der Waals surface area contributed by atoms with Crippen molar-refractivity contribution >= 4 is 21.6 Å². The molecule has 2 heterocycles. The van der Waals surface area contributed by atoms with E-state index < -0.39 is 10.0 Å². The summed E-state index contributed by atoms with van der Waals surface area (Å²) in [5.74, 6) is 0.494. The second-order valence-electron chi connectivity index (χ2n) is 6.06. The van der Waals surface area contributed by atoms with E-state index in [0.717, 1.165) is 31.4 Å². The minimum absolute atomic E-state index is 0.0195. The van der Waals surface area contributed by atoms with Crippen molar-refractivity contribution in [2.45, 2.75) is 38.6 Å². The molecular formula is C15H25ClN2O2S. The summed E-state index contributed by atoms with van der Waals surface area (Å²) < 4.78 is 29.3. The zero-order chi connectivity index (χ0) is 15.5. The Morgan fingerprint density at radius 1 is 1.38 bits per heavy atom. The molecule has 1 fully saturated rings. The summed E-state index contributed by atoms with van der Waals surface area (Å²) in [4.78, 5) is 0. The summed E-state index contributed by atoms with van der Waals surface area (Å²) in [6.45, 7) is 2.51. The summed E-state index contributed by atoms with van der Waals surface area (Å²) in [6.07, 6.45) is 5.99. The maximum Gasteiger partial charge on any atom is 0.215 e. The fourth-order valence-electron chi connectivity index (χ4n) is 3.03. The molecule has 2 unspecified atom stereocenters. The minimum Gasteiger partial charge on any atom is -0.353 e. The van der Waals surface area contributed by atoms with Gasteiger partial charge in [-0.1, -0.05) is 19.8 Å². The Labute approximate surface area is 133 Å². The molecule has 2 atom stereocenters. The van der Waals surface area contributed by atoms with Gasteiger partial charge in [0.15, 0.2) is 0 Å². The number of aromatic nitrogens is 1. The van der Waals surface area contributed by atoms with Crippen LogP contribution in [-0.2, 0) is 17.1 Å². The highest BCUT2D eigenvalue weighted by atomic mass is 35.5. The summed E-state index contributed by atoms with van der Waals surface area (Å²) >= 11 is 5.80. The Bertz CT molecular complexity index is 556. The molecule has 1 aliphatic heterocycles. The van der Waals surface area contributed by atoms with Gasteiger partial charge in [0.05, 0.1) is 11.8 Å². The molecule has 4 nitrogen and oxygen atoms in total. The number of hydrogen-bond donors (Lipinski definition) is 0. The number of halogens is 1. The van der Waals surface area contributed by atoms with Crippen LogP contribution < -0.4 is 0 Å². The maximum atomic E-state index is 12.8. The largest absolute Gasteiger partial charge is 0.353 e. The second-order valence-corrected chi connectivity index (χ2v) is 8.33. The van der Waals surface area contributed by atoms with Crippen LogP contribution in [0.25, 0.3) is 0 Å². The van der Waals surface area contributed by atoms with Crippen molar-refractivity contribution < 1.29 is 8.42 Å². The zero-order valence-corrected chi connectivity index (χ0v) is 14.4. The topological polar surface area (TPSA) is 42.3 Å². The smallest absolute Gasteiger partial charge is 0.215 e. The van der Waals surface area contributed by atoms with Gasteiger partial charge in [-0.15, -0.1) is 11.6 Å².